The average molecular weight is 197 g/mol. The third-order valence-corrected chi connectivity index (χ3v) is 2.67. The molecule has 0 bridgehead atoms. The molecule has 3 heteroatoms. The summed E-state index contributed by atoms with van der Waals surface area (Å²) in [5.41, 5.74) is 0.887. The molecule has 0 aliphatic carbocycles. The van der Waals surface area contributed by atoms with Crippen LogP contribution in [-0.4, -0.2) is 13.1 Å². The van der Waals surface area contributed by atoms with Crippen molar-refractivity contribution in [3.63, 3.8) is 0 Å². The fraction of sp³-hybridized carbons (Fsp3) is 0.455. The van der Waals surface area contributed by atoms with Gasteiger partial charge in [-0.1, -0.05) is 6.07 Å². The fourth-order valence-electron chi connectivity index (χ4n) is 1.89. The molecule has 76 valence electrons. The van der Waals surface area contributed by atoms with Crippen molar-refractivity contribution in [1.82, 2.24) is 5.32 Å². The lowest BCUT2D eigenvalue weighted by molar-refractivity contribution is 0.503. The van der Waals surface area contributed by atoms with E-state index in [-0.39, 0.29) is 0 Å². The number of hydrogen-bond donors (Lipinski definition) is 1. The van der Waals surface area contributed by atoms with E-state index in [0.29, 0.717) is 5.92 Å². The van der Waals surface area contributed by atoms with Crippen molar-refractivity contribution in [3.8, 4) is 0 Å². The molecular weight excluding hydrogens is 184 g/mol. The average Bonchev–Trinajstić information content (AvgIpc) is 2.64. The van der Waals surface area contributed by atoms with Gasteiger partial charge >= 0.3 is 0 Å². The van der Waals surface area contributed by atoms with Gasteiger partial charge in [0.1, 0.15) is 0 Å². The lowest BCUT2D eigenvalue weighted by Crippen LogP contribution is -2.10. The predicted molar refractivity (Wildman–Crippen MR) is 51.0 cm³/mol. The molecule has 0 radical (unpaired) electrons. The Morgan fingerprint density at radius 3 is 2.79 bits per heavy atom. The fourth-order valence-corrected chi connectivity index (χ4v) is 1.89. The molecule has 1 heterocycles. The van der Waals surface area contributed by atoms with E-state index in [2.05, 4.69) is 5.32 Å². The van der Waals surface area contributed by atoms with Crippen LogP contribution in [0.2, 0.25) is 0 Å². The Morgan fingerprint density at radius 1 is 1.29 bits per heavy atom. The van der Waals surface area contributed by atoms with Crippen LogP contribution in [0.15, 0.2) is 18.2 Å². The molecule has 1 fully saturated rings. The van der Waals surface area contributed by atoms with Crippen LogP contribution in [0.5, 0.6) is 0 Å². The molecule has 0 spiro atoms. The van der Waals surface area contributed by atoms with Crippen molar-refractivity contribution in [3.05, 3.63) is 35.4 Å². The summed E-state index contributed by atoms with van der Waals surface area (Å²) in [6.07, 6.45) is 1.96. The first-order valence-corrected chi connectivity index (χ1v) is 4.90. The zero-order valence-corrected chi connectivity index (χ0v) is 7.89. The number of hydrogen-bond acceptors (Lipinski definition) is 1. The third-order valence-electron chi connectivity index (χ3n) is 2.67. The zero-order valence-electron chi connectivity index (χ0n) is 7.89. The minimum Gasteiger partial charge on any atom is -0.316 e. The topological polar surface area (TPSA) is 12.0 Å². The maximum Gasteiger partial charge on any atom is 0.159 e. The number of halogens is 2. The first kappa shape index (κ1) is 9.59. The molecule has 1 N–H and O–H groups in total. The van der Waals surface area contributed by atoms with Gasteiger partial charge in [-0.05, 0) is 49.5 Å². The van der Waals surface area contributed by atoms with Crippen LogP contribution in [0, 0.1) is 17.6 Å². The maximum absolute atomic E-state index is 12.9. The van der Waals surface area contributed by atoms with Crippen molar-refractivity contribution in [1.29, 1.82) is 0 Å². The van der Waals surface area contributed by atoms with Crippen molar-refractivity contribution in [2.75, 3.05) is 13.1 Å². The Morgan fingerprint density at radius 2 is 2.14 bits per heavy atom. The Kier molecular flexibility index (Phi) is 2.77. The zero-order chi connectivity index (χ0) is 9.97. The smallest absolute Gasteiger partial charge is 0.159 e. The summed E-state index contributed by atoms with van der Waals surface area (Å²) in [7, 11) is 0. The van der Waals surface area contributed by atoms with Gasteiger partial charge in [0.25, 0.3) is 0 Å². The van der Waals surface area contributed by atoms with E-state index in [9.17, 15) is 8.78 Å². The molecule has 1 nitrogen and oxygen atoms in total. The Bertz CT molecular complexity index is 319. The summed E-state index contributed by atoms with van der Waals surface area (Å²) in [5.74, 6) is -0.938. The van der Waals surface area contributed by atoms with E-state index in [1.165, 1.54) is 12.1 Å². The van der Waals surface area contributed by atoms with Crippen LogP contribution in [-0.2, 0) is 6.42 Å². The summed E-state index contributed by atoms with van der Waals surface area (Å²) in [4.78, 5) is 0. The van der Waals surface area contributed by atoms with E-state index in [0.717, 1.165) is 31.5 Å². The molecule has 1 aliphatic rings. The van der Waals surface area contributed by atoms with E-state index >= 15 is 0 Å². The first-order valence-electron chi connectivity index (χ1n) is 4.90. The van der Waals surface area contributed by atoms with Crippen LogP contribution < -0.4 is 5.32 Å². The largest absolute Gasteiger partial charge is 0.316 e. The highest BCUT2D eigenvalue weighted by Gasteiger charge is 2.15. The molecular formula is C11H13F2N. The molecule has 1 aromatic carbocycles. The summed E-state index contributed by atoms with van der Waals surface area (Å²) < 4.78 is 25.5. The maximum atomic E-state index is 12.9. The van der Waals surface area contributed by atoms with Crippen LogP contribution in [0.25, 0.3) is 0 Å². The van der Waals surface area contributed by atoms with Gasteiger partial charge in [-0.3, -0.25) is 0 Å². The van der Waals surface area contributed by atoms with Crippen LogP contribution in [0.4, 0.5) is 8.78 Å². The highest BCUT2D eigenvalue weighted by molar-refractivity contribution is 5.18. The lowest BCUT2D eigenvalue weighted by atomic mass is 9.99. The van der Waals surface area contributed by atoms with Gasteiger partial charge in [-0.15, -0.1) is 0 Å². The van der Waals surface area contributed by atoms with Crippen LogP contribution >= 0.6 is 0 Å². The second-order valence-corrected chi connectivity index (χ2v) is 3.81. The number of benzene rings is 1. The second-order valence-electron chi connectivity index (χ2n) is 3.81. The Hall–Kier alpha value is -0.960. The van der Waals surface area contributed by atoms with Crippen molar-refractivity contribution < 1.29 is 8.78 Å². The molecule has 2 rings (SSSR count). The molecule has 1 aromatic rings. The minimum absolute atomic E-state index is 0.569. The molecule has 1 atom stereocenters. The quantitative estimate of drug-likeness (QED) is 0.765. The monoisotopic (exact) mass is 197 g/mol. The highest BCUT2D eigenvalue weighted by Crippen LogP contribution is 2.16. The minimum atomic E-state index is -0.765. The number of rotatable bonds is 2. The molecule has 0 saturated carbocycles. The Balaban J connectivity index is 2.05. The van der Waals surface area contributed by atoms with E-state index in [1.807, 2.05) is 0 Å². The number of nitrogens with one attached hydrogen (secondary N) is 1. The normalized spacial score (nSPS) is 21.4. The summed E-state index contributed by atoms with van der Waals surface area (Å²) in [5, 5.41) is 3.25. The predicted octanol–water partition coefficient (Wildman–Crippen LogP) is 2.12. The van der Waals surface area contributed by atoms with Gasteiger partial charge in [0.05, 0.1) is 0 Å². The molecule has 1 aliphatic heterocycles. The van der Waals surface area contributed by atoms with Gasteiger partial charge in [-0.25, -0.2) is 8.78 Å². The van der Waals surface area contributed by atoms with E-state index in [4.69, 9.17) is 0 Å². The standard InChI is InChI=1S/C11H13F2N/c12-10-2-1-8(6-11(10)13)5-9-3-4-14-7-9/h1-2,6,9,14H,3-5,7H2. The molecule has 0 amide bonds. The molecule has 1 unspecified atom stereocenters. The van der Waals surface area contributed by atoms with Gasteiger partial charge in [0.15, 0.2) is 11.6 Å². The van der Waals surface area contributed by atoms with Crippen molar-refractivity contribution >= 4 is 0 Å². The summed E-state index contributed by atoms with van der Waals surface area (Å²) in [6.45, 7) is 2.02. The van der Waals surface area contributed by atoms with Crippen LogP contribution in [0.1, 0.15) is 12.0 Å². The van der Waals surface area contributed by atoms with Crippen molar-refractivity contribution in [2.45, 2.75) is 12.8 Å². The highest BCUT2D eigenvalue weighted by atomic mass is 19.2. The first-order chi connectivity index (χ1) is 6.75. The van der Waals surface area contributed by atoms with Crippen molar-refractivity contribution in [2.24, 2.45) is 5.92 Å². The van der Waals surface area contributed by atoms with Gasteiger partial charge in [-0.2, -0.15) is 0 Å². The van der Waals surface area contributed by atoms with E-state index < -0.39 is 11.6 Å². The van der Waals surface area contributed by atoms with Gasteiger partial charge < -0.3 is 5.32 Å². The third kappa shape index (κ3) is 2.10. The lowest BCUT2D eigenvalue weighted by Gasteiger charge is -2.07. The van der Waals surface area contributed by atoms with Gasteiger partial charge in [0, 0.05) is 0 Å². The molecule has 14 heavy (non-hydrogen) atoms. The van der Waals surface area contributed by atoms with Gasteiger partial charge in [0.2, 0.25) is 0 Å². The second kappa shape index (κ2) is 4.05. The van der Waals surface area contributed by atoms with Crippen LogP contribution in [0.3, 0.4) is 0 Å². The SMILES string of the molecule is Fc1ccc(CC2CCNC2)cc1F. The van der Waals surface area contributed by atoms with E-state index in [1.54, 1.807) is 6.07 Å². The molecule has 0 aromatic heterocycles. The Labute approximate surface area is 82.1 Å². The summed E-state index contributed by atoms with van der Waals surface area (Å²) in [6, 6.07) is 4.16. The summed E-state index contributed by atoms with van der Waals surface area (Å²) >= 11 is 0. The molecule has 1 saturated heterocycles.